The second-order valence-electron chi connectivity index (χ2n) is 4.77. The van der Waals surface area contributed by atoms with Crippen molar-refractivity contribution in [2.24, 2.45) is 5.92 Å². The van der Waals surface area contributed by atoms with E-state index in [1.165, 1.54) is 4.90 Å². The van der Waals surface area contributed by atoms with E-state index >= 15 is 0 Å². The number of carbonyl (C=O) groups is 2. The van der Waals surface area contributed by atoms with Gasteiger partial charge in [-0.05, 0) is 13.8 Å². The lowest BCUT2D eigenvalue weighted by Gasteiger charge is -2.26. The number of aromatic amines is 1. The van der Waals surface area contributed by atoms with Crippen LogP contribution in [-0.2, 0) is 9.53 Å². The number of carbonyl (C=O) groups excluding carboxylic acids is 1. The molecule has 0 radical (unpaired) electrons. The van der Waals surface area contributed by atoms with Gasteiger partial charge in [-0.3, -0.25) is 14.7 Å². The van der Waals surface area contributed by atoms with Crippen molar-refractivity contribution in [2.75, 3.05) is 20.3 Å². The number of nitrogens with one attached hydrogen (secondary N) is 1. The highest BCUT2D eigenvalue weighted by molar-refractivity contribution is 5.96. The van der Waals surface area contributed by atoms with E-state index in [9.17, 15) is 9.59 Å². The number of rotatable bonds is 3. The van der Waals surface area contributed by atoms with Gasteiger partial charge in [-0.1, -0.05) is 0 Å². The molecule has 1 fully saturated rings. The van der Waals surface area contributed by atoms with Gasteiger partial charge in [0.15, 0.2) is 0 Å². The Balaban J connectivity index is 2.22. The number of hydrogen-bond acceptors (Lipinski definition) is 4. The van der Waals surface area contributed by atoms with Gasteiger partial charge >= 0.3 is 5.97 Å². The summed E-state index contributed by atoms with van der Waals surface area (Å²) in [6.45, 7) is 3.89. The van der Waals surface area contributed by atoms with Gasteiger partial charge in [0.25, 0.3) is 5.91 Å². The topological polar surface area (TPSA) is 95.5 Å². The number of aromatic nitrogens is 2. The van der Waals surface area contributed by atoms with Gasteiger partial charge in [0.05, 0.1) is 30.5 Å². The summed E-state index contributed by atoms with van der Waals surface area (Å²) in [5.41, 5.74) is 1.79. The minimum atomic E-state index is -0.942. The molecule has 1 aliphatic heterocycles. The third kappa shape index (κ3) is 2.33. The van der Waals surface area contributed by atoms with Crippen LogP contribution in [0.5, 0.6) is 0 Å². The number of aryl methyl sites for hydroxylation is 2. The van der Waals surface area contributed by atoms with E-state index in [4.69, 9.17) is 9.84 Å². The quantitative estimate of drug-likeness (QED) is 0.815. The standard InChI is InChI=1S/C12H17N3O4/c1-6-10(7(2)14-13-6)11(16)15(3)9-5-19-4-8(9)12(17)18/h8-9H,4-5H2,1-3H3,(H,13,14)(H,17,18). The maximum Gasteiger partial charge on any atom is 0.311 e. The molecule has 1 saturated heterocycles. The van der Waals surface area contributed by atoms with Crippen molar-refractivity contribution in [3.05, 3.63) is 17.0 Å². The number of H-pyrrole nitrogens is 1. The average molecular weight is 267 g/mol. The monoisotopic (exact) mass is 267 g/mol. The van der Waals surface area contributed by atoms with Crippen LogP contribution in [0.15, 0.2) is 0 Å². The van der Waals surface area contributed by atoms with E-state index < -0.39 is 17.9 Å². The Morgan fingerprint density at radius 3 is 2.63 bits per heavy atom. The number of amides is 1. The first-order valence-electron chi connectivity index (χ1n) is 6.02. The molecule has 104 valence electrons. The molecular weight excluding hydrogens is 250 g/mol. The molecule has 7 nitrogen and oxygen atoms in total. The van der Waals surface area contributed by atoms with E-state index in [1.807, 2.05) is 0 Å². The maximum absolute atomic E-state index is 12.4. The molecule has 0 spiro atoms. The van der Waals surface area contributed by atoms with Crippen LogP contribution in [0.4, 0.5) is 0 Å². The summed E-state index contributed by atoms with van der Waals surface area (Å²) in [6, 6.07) is -0.446. The van der Waals surface area contributed by atoms with Crippen molar-refractivity contribution < 1.29 is 19.4 Å². The highest BCUT2D eigenvalue weighted by Gasteiger charge is 2.39. The van der Waals surface area contributed by atoms with Gasteiger partial charge in [-0.25, -0.2) is 0 Å². The predicted octanol–water partition coefficient (Wildman–Crippen LogP) is 0.198. The molecule has 0 saturated carbocycles. The normalized spacial score (nSPS) is 22.5. The Kier molecular flexibility index (Phi) is 3.57. The predicted molar refractivity (Wildman–Crippen MR) is 65.9 cm³/mol. The van der Waals surface area contributed by atoms with Crippen molar-refractivity contribution in [3.63, 3.8) is 0 Å². The van der Waals surface area contributed by atoms with Crippen LogP contribution < -0.4 is 0 Å². The van der Waals surface area contributed by atoms with Gasteiger partial charge in [0.2, 0.25) is 0 Å². The summed E-state index contributed by atoms with van der Waals surface area (Å²) in [5, 5.41) is 15.9. The molecule has 1 aromatic rings. The van der Waals surface area contributed by atoms with Crippen LogP contribution in [-0.4, -0.2) is 58.4 Å². The number of hydrogen-bond donors (Lipinski definition) is 2. The molecule has 0 bridgehead atoms. The molecule has 2 rings (SSSR count). The Morgan fingerprint density at radius 1 is 1.42 bits per heavy atom. The van der Waals surface area contributed by atoms with Gasteiger partial charge in [-0.2, -0.15) is 5.10 Å². The molecule has 0 aliphatic carbocycles. The second kappa shape index (κ2) is 5.00. The van der Waals surface area contributed by atoms with Gasteiger partial charge in [0, 0.05) is 12.7 Å². The lowest BCUT2D eigenvalue weighted by atomic mass is 10.0. The van der Waals surface area contributed by atoms with E-state index in [0.717, 1.165) is 0 Å². The van der Waals surface area contributed by atoms with Crippen LogP contribution in [0, 0.1) is 19.8 Å². The largest absolute Gasteiger partial charge is 0.481 e. The zero-order valence-corrected chi connectivity index (χ0v) is 11.1. The minimum absolute atomic E-state index is 0.140. The van der Waals surface area contributed by atoms with Crippen molar-refractivity contribution in [3.8, 4) is 0 Å². The zero-order valence-electron chi connectivity index (χ0n) is 11.1. The fourth-order valence-electron chi connectivity index (χ4n) is 2.35. The summed E-state index contributed by atoms with van der Waals surface area (Å²) >= 11 is 0. The summed E-state index contributed by atoms with van der Waals surface area (Å²) in [7, 11) is 1.60. The molecule has 2 heterocycles. The molecule has 1 aliphatic rings. The number of likely N-dealkylation sites (N-methyl/N-ethyl adjacent to an activating group) is 1. The van der Waals surface area contributed by atoms with Crippen LogP contribution in [0.1, 0.15) is 21.7 Å². The summed E-state index contributed by atoms with van der Waals surface area (Å²) < 4.78 is 5.18. The highest BCUT2D eigenvalue weighted by atomic mass is 16.5. The molecule has 2 atom stereocenters. The number of nitrogens with zero attached hydrogens (tertiary/aromatic N) is 2. The highest BCUT2D eigenvalue weighted by Crippen LogP contribution is 2.22. The Bertz CT molecular complexity index is 492. The number of aliphatic carboxylic acids is 1. The Morgan fingerprint density at radius 2 is 2.11 bits per heavy atom. The summed E-state index contributed by atoms with van der Waals surface area (Å²) in [5.74, 6) is -1.85. The first kappa shape index (κ1) is 13.5. The Hall–Kier alpha value is -1.89. The lowest BCUT2D eigenvalue weighted by molar-refractivity contribution is -0.142. The second-order valence-corrected chi connectivity index (χ2v) is 4.77. The van der Waals surface area contributed by atoms with E-state index in [0.29, 0.717) is 17.0 Å². The first-order chi connectivity index (χ1) is 8.93. The van der Waals surface area contributed by atoms with Gasteiger partial charge in [0.1, 0.15) is 5.92 Å². The van der Waals surface area contributed by atoms with Crippen molar-refractivity contribution in [1.29, 1.82) is 0 Å². The van der Waals surface area contributed by atoms with Crippen molar-refractivity contribution >= 4 is 11.9 Å². The lowest BCUT2D eigenvalue weighted by Crippen LogP contribution is -2.44. The van der Waals surface area contributed by atoms with Crippen LogP contribution in [0.25, 0.3) is 0 Å². The Labute approximate surface area is 110 Å². The maximum atomic E-state index is 12.4. The van der Waals surface area contributed by atoms with Gasteiger partial charge < -0.3 is 14.7 Å². The fourth-order valence-corrected chi connectivity index (χ4v) is 2.35. The molecule has 19 heavy (non-hydrogen) atoms. The SMILES string of the molecule is Cc1n[nH]c(C)c1C(=O)N(C)C1COCC1C(=O)O. The van der Waals surface area contributed by atoms with E-state index in [-0.39, 0.29) is 19.1 Å². The van der Waals surface area contributed by atoms with Crippen molar-refractivity contribution in [1.82, 2.24) is 15.1 Å². The summed E-state index contributed by atoms with van der Waals surface area (Å²) in [6.07, 6.45) is 0. The number of carboxylic acid groups (broad SMARTS) is 1. The molecule has 1 aromatic heterocycles. The molecule has 2 N–H and O–H groups in total. The molecule has 1 amide bonds. The van der Waals surface area contributed by atoms with Crippen LogP contribution in [0.2, 0.25) is 0 Å². The first-order valence-corrected chi connectivity index (χ1v) is 6.02. The number of ether oxygens (including phenoxy) is 1. The third-order valence-corrected chi connectivity index (χ3v) is 3.53. The molecule has 7 heteroatoms. The number of carboxylic acids is 1. The smallest absolute Gasteiger partial charge is 0.311 e. The summed E-state index contributed by atoms with van der Waals surface area (Å²) in [4.78, 5) is 25.0. The molecule has 0 aromatic carbocycles. The van der Waals surface area contributed by atoms with Gasteiger partial charge in [-0.15, -0.1) is 0 Å². The minimum Gasteiger partial charge on any atom is -0.481 e. The van der Waals surface area contributed by atoms with E-state index in [1.54, 1.807) is 20.9 Å². The average Bonchev–Trinajstić information content (AvgIpc) is 2.95. The molecule has 2 unspecified atom stereocenters. The third-order valence-electron chi connectivity index (χ3n) is 3.53. The van der Waals surface area contributed by atoms with Crippen molar-refractivity contribution in [2.45, 2.75) is 19.9 Å². The molecular formula is C12H17N3O4. The van der Waals surface area contributed by atoms with Crippen LogP contribution >= 0.6 is 0 Å². The zero-order chi connectivity index (χ0) is 14.2. The van der Waals surface area contributed by atoms with Crippen LogP contribution in [0.3, 0.4) is 0 Å². The van der Waals surface area contributed by atoms with E-state index in [2.05, 4.69) is 10.2 Å². The fraction of sp³-hybridized carbons (Fsp3) is 0.583.